The molecule has 0 heterocycles. The molecule has 0 fully saturated rings. The molecular formula is C16H28N2. The largest absolute Gasteiger partial charge is 0.375 e. The van der Waals surface area contributed by atoms with Gasteiger partial charge in [-0.3, -0.25) is 0 Å². The Kier molecular flexibility index (Phi) is 5.21. The highest BCUT2D eigenvalue weighted by Gasteiger charge is 2.15. The van der Waals surface area contributed by atoms with Crippen molar-refractivity contribution >= 4 is 5.69 Å². The highest BCUT2D eigenvalue weighted by molar-refractivity contribution is 5.47. The number of hydrogen-bond acceptors (Lipinski definition) is 2. The van der Waals surface area contributed by atoms with E-state index in [1.807, 2.05) is 0 Å². The average Bonchev–Trinajstić information content (AvgIpc) is 2.23. The number of nitrogens with two attached hydrogens (primary N) is 1. The summed E-state index contributed by atoms with van der Waals surface area (Å²) in [6.07, 6.45) is 2.12. The number of rotatable bonds is 5. The number of anilines is 1. The molecule has 1 aromatic carbocycles. The average molecular weight is 248 g/mol. The molecule has 2 N–H and O–H groups in total. The standard InChI is InChI=1S/C16H28N2/c1-13-7-6-8-15(11-13)18(5)10-9-14(17)12-16(2,3)4/h6-8,11,14H,9-10,12,17H2,1-5H3. The van der Waals surface area contributed by atoms with Crippen LogP contribution in [-0.2, 0) is 0 Å². The Morgan fingerprint density at radius 2 is 1.94 bits per heavy atom. The molecule has 102 valence electrons. The third-order valence-corrected chi connectivity index (χ3v) is 3.15. The summed E-state index contributed by atoms with van der Waals surface area (Å²) in [4.78, 5) is 2.29. The molecule has 0 aromatic heterocycles. The Balaban J connectivity index is 2.44. The highest BCUT2D eigenvalue weighted by atomic mass is 15.1. The first-order valence-electron chi connectivity index (χ1n) is 6.81. The lowest BCUT2D eigenvalue weighted by molar-refractivity contribution is 0.332. The molecular weight excluding hydrogens is 220 g/mol. The van der Waals surface area contributed by atoms with Gasteiger partial charge in [-0.1, -0.05) is 32.9 Å². The minimum absolute atomic E-state index is 0.289. The third kappa shape index (κ3) is 5.54. The van der Waals surface area contributed by atoms with Crippen molar-refractivity contribution in [3.63, 3.8) is 0 Å². The van der Waals surface area contributed by atoms with Crippen LogP contribution in [0.2, 0.25) is 0 Å². The molecule has 0 aliphatic rings. The summed E-state index contributed by atoms with van der Waals surface area (Å²) in [6, 6.07) is 8.90. The zero-order valence-corrected chi connectivity index (χ0v) is 12.5. The fraction of sp³-hybridized carbons (Fsp3) is 0.625. The zero-order chi connectivity index (χ0) is 13.8. The first kappa shape index (κ1) is 15.0. The van der Waals surface area contributed by atoms with Gasteiger partial charge in [-0.05, 0) is 42.9 Å². The van der Waals surface area contributed by atoms with Crippen LogP contribution in [0.3, 0.4) is 0 Å². The summed E-state index contributed by atoms with van der Waals surface area (Å²) in [5.41, 5.74) is 9.09. The van der Waals surface area contributed by atoms with E-state index in [2.05, 4.69) is 63.9 Å². The Morgan fingerprint density at radius 1 is 1.28 bits per heavy atom. The van der Waals surface area contributed by atoms with Gasteiger partial charge in [-0.15, -0.1) is 0 Å². The second-order valence-corrected chi connectivity index (χ2v) is 6.57. The van der Waals surface area contributed by atoms with Crippen molar-refractivity contribution < 1.29 is 0 Å². The topological polar surface area (TPSA) is 29.3 Å². The van der Waals surface area contributed by atoms with Crippen molar-refractivity contribution in [2.45, 2.75) is 46.6 Å². The Bertz CT molecular complexity index is 366. The summed E-state index contributed by atoms with van der Waals surface area (Å²) < 4.78 is 0. The van der Waals surface area contributed by atoms with Crippen molar-refractivity contribution in [3.05, 3.63) is 29.8 Å². The summed E-state index contributed by atoms with van der Waals surface area (Å²) in [7, 11) is 2.14. The summed E-state index contributed by atoms with van der Waals surface area (Å²) in [5, 5.41) is 0. The second kappa shape index (κ2) is 6.24. The fourth-order valence-corrected chi connectivity index (χ4v) is 2.24. The number of benzene rings is 1. The molecule has 0 saturated carbocycles. The quantitative estimate of drug-likeness (QED) is 0.863. The molecule has 1 aromatic rings. The van der Waals surface area contributed by atoms with E-state index >= 15 is 0 Å². The van der Waals surface area contributed by atoms with Gasteiger partial charge < -0.3 is 10.6 Å². The van der Waals surface area contributed by atoms with Gasteiger partial charge in [0.2, 0.25) is 0 Å². The summed E-state index contributed by atoms with van der Waals surface area (Å²) in [5.74, 6) is 0. The maximum Gasteiger partial charge on any atom is 0.0366 e. The van der Waals surface area contributed by atoms with Crippen molar-refractivity contribution in [1.29, 1.82) is 0 Å². The third-order valence-electron chi connectivity index (χ3n) is 3.15. The van der Waals surface area contributed by atoms with Crippen LogP contribution in [0, 0.1) is 12.3 Å². The minimum atomic E-state index is 0.289. The van der Waals surface area contributed by atoms with Gasteiger partial charge in [-0.25, -0.2) is 0 Å². The van der Waals surface area contributed by atoms with Gasteiger partial charge in [-0.2, -0.15) is 0 Å². The van der Waals surface area contributed by atoms with Crippen LogP contribution in [0.15, 0.2) is 24.3 Å². The number of hydrogen-bond donors (Lipinski definition) is 1. The Labute approximate surface area is 112 Å². The van der Waals surface area contributed by atoms with Gasteiger partial charge in [0.05, 0.1) is 0 Å². The lowest BCUT2D eigenvalue weighted by Crippen LogP contribution is -2.31. The highest BCUT2D eigenvalue weighted by Crippen LogP contribution is 2.21. The van der Waals surface area contributed by atoms with E-state index in [1.165, 1.54) is 11.3 Å². The second-order valence-electron chi connectivity index (χ2n) is 6.57. The number of aryl methyl sites for hydroxylation is 1. The van der Waals surface area contributed by atoms with E-state index in [-0.39, 0.29) is 6.04 Å². The first-order valence-corrected chi connectivity index (χ1v) is 6.81. The van der Waals surface area contributed by atoms with Crippen LogP contribution in [0.5, 0.6) is 0 Å². The van der Waals surface area contributed by atoms with Crippen LogP contribution in [-0.4, -0.2) is 19.6 Å². The van der Waals surface area contributed by atoms with E-state index in [1.54, 1.807) is 0 Å². The lowest BCUT2D eigenvalue weighted by Gasteiger charge is -2.26. The molecule has 0 bridgehead atoms. The molecule has 0 radical (unpaired) electrons. The molecule has 2 nitrogen and oxygen atoms in total. The molecule has 1 rings (SSSR count). The maximum absolute atomic E-state index is 6.19. The lowest BCUT2D eigenvalue weighted by atomic mass is 9.87. The Hall–Kier alpha value is -1.02. The van der Waals surface area contributed by atoms with Crippen LogP contribution >= 0.6 is 0 Å². The maximum atomic E-state index is 6.19. The van der Waals surface area contributed by atoms with Crippen molar-refractivity contribution in [2.75, 3.05) is 18.5 Å². The number of nitrogens with zero attached hydrogens (tertiary/aromatic N) is 1. The van der Waals surface area contributed by atoms with Crippen molar-refractivity contribution in [2.24, 2.45) is 11.1 Å². The van der Waals surface area contributed by atoms with Gasteiger partial charge in [0.25, 0.3) is 0 Å². The molecule has 0 spiro atoms. The van der Waals surface area contributed by atoms with Crippen molar-refractivity contribution in [3.8, 4) is 0 Å². The monoisotopic (exact) mass is 248 g/mol. The van der Waals surface area contributed by atoms with E-state index < -0.39 is 0 Å². The van der Waals surface area contributed by atoms with Gasteiger partial charge >= 0.3 is 0 Å². The van der Waals surface area contributed by atoms with Gasteiger partial charge in [0.1, 0.15) is 0 Å². The van der Waals surface area contributed by atoms with Crippen LogP contribution in [0.4, 0.5) is 5.69 Å². The van der Waals surface area contributed by atoms with Crippen LogP contribution in [0.25, 0.3) is 0 Å². The molecule has 0 saturated heterocycles. The summed E-state index contributed by atoms with van der Waals surface area (Å²) in [6.45, 7) is 9.88. The van der Waals surface area contributed by atoms with Crippen LogP contribution in [0.1, 0.15) is 39.2 Å². The van der Waals surface area contributed by atoms with Gasteiger partial charge in [0, 0.05) is 25.3 Å². The van der Waals surface area contributed by atoms with E-state index in [9.17, 15) is 0 Å². The predicted octanol–water partition coefficient (Wildman–Crippen LogP) is 3.58. The zero-order valence-electron chi connectivity index (χ0n) is 12.5. The molecule has 2 heteroatoms. The molecule has 0 aliphatic heterocycles. The molecule has 0 aliphatic carbocycles. The molecule has 1 unspecified atom stereocenters. The smallest absolute Gasteiger partial charge is 0.0366 e. The van der Waals surface area contributed by atoms with Crippen LogP contribution < -0.4 is 10.6 Å². The minimum Gasteiger partial charge on any atom is -0.375 e. The van der Waals surface area contributed by atoms with E-state index in [4.69, 9.17) is 5.73 Å². The SMILES string of the molecule is Cc1cccc(N(C)CCC(N)CC(C)(C)C)c1. The van der Waals surface area contributed by atoms with E-state index in [0.29, 0.717) is 5.41 Å². The fourth-order valence-electron chi connectivity index (χ4n) is 2.24. The molecule has 0 amide bonds. The van der Waals surface area contributed by atoms with Crippen molar-refractivity contribution in [1.82, 2.24) is 0 Å². The van der Waals surface area contributed by atoms with E-state index in [0.717, 1.165) is 19.4 Å². The molecule has 1 atom stereocenters. The first-order chi connectivity index (χ1) is 8.28. The van der Waals surface area contributed by atoms with Gasteiger partial charge in [0.15, 0.2) is 0 Å². The normalized spacial score (nSPS) is 13.4. The predicted molar refractivity (Wildman–Crippen MR) is 81.1 cm³/mol. The Morgan fingerprint density at radius 3 is 2.50 bits per heavy atom. The molecule has 18 heavy (non-hydrogen) atoms. The summed E-state index contributed by atoms with van der Waals surface area (Å²) >= 11 is 0.